The van der Waals surface area contributed by atoms with Crippen molar-refractivity contribution < 1.29 is 14.3 Å². The summed E-state index contributed by atoms with van der Waals surface area (Å²) in [6.07, 6.45) is 5.82. The van der Waals surface area contributed by atoms with Gasteiger partial charge in [-0.1, -0.05) is 0 Å². The van der Waals surface area contributed by atoms with E-state index in [4.69, 9.17) is 9.47 Å². The van der Waals surface area contributed by atoms with Crippen LogP contribution in [-0.4, -0.2) is 40.2 Å². The molecule has 1 aliphatic rings. The van der Waals surface area contributed by atoms with Gasteiger partial charge in [-0.05, 0) is 18.2 Å². The first-order chi connectivity index (χ1) is 12.8. The van der Waals surface area contributed by atoms with Crippen LogP contribution in [0.4, 0.5) is 5.13 Å². The number of hydrogen-bond donors (Lipinski definition) is 1. The lowest BCUT2D eigenvalue weighted by molar-refractivity contribution is 0.102. The van der Waals surface area contributed by atoms with E-state index in [1.165, 1.54) is 17.5 Å². The average Bonchev–Trinajstić information content (AvgIpc) is 3.35. The molecule has 1 amide bonds. The Labute approximate surface area is 154 Å². The first-order valence-electron chi connectivity index (χ1n) is 8.16. The van der Waals surface area contributed by atoms with Gasteiger partial charge in [-0.3, -0.25) is 15.1 Å². The minimum Gasteiger partial charge on any atom is -0.472 e. The largest absolute Gasteiger partial charge is 0.472 e. The van der Waals surface area contributed by atoms with Crippen molar-refractivity contribution in [3.05, 3.63) is 53.8 Å². The topological polar surface area (TPSA) is 86.2 Å². The van der Waals surface area contributed by atoms with Gasteiger partial charge < -0.3 is 9.47 Å². The molecule has 1 saturated heterocycles. The number of amides is 1. The molecule has 4 rings (SSSR count). The molecule has 0 spiro atoms. The molecule has 0 bridgehead atoms. The van der Waals surface area contributed by atoms with Gasteiger partial charge in [-0.25, -0.2) is 9.97 Å². The SMILES string of the molecule is O=C(Nc1nc(-c2cccnc2)cs1)c1ccc(O[C@@H]2CCOC2)nc1. The molecule has 7 nitrogen and oxygen atoms in total. The van der Waals surface area contributed by atoms with Crippen LogP contribution < -0.4 is 10.1 Å². The number of aromatic nitrogens is 3. The molecule has 1 fully saturated rings. The lowest BCUT2D eigenvalue weighted by atomic mass is 10.2. The molecule has 4 heterocycles. The number of carbonyl (C=O) groups excluding carboxylic acids is 1. The highest BCUT2D eigenvalue weighted by Crippen LogP contribution is 2.24. The molecule has 26 heavy (non-hydrogen) atoms. The highest BCUT2D eigenvalue weighted by atomic mass is 32.1. The van der Waals surface area contributed by atoms with Crippen LogP contribution in [0.1, 0.15) is 16.8 Å². The van der Waals surface area contributed by atoms with Crippen LogP contribution in [0.25, 0.3) is 11.3 Å². The summed E-state index contributed by atoms with van der Waals surface area (Å²) >= 11 is 1.36. The van der Waals surface area contributed by atoms with Gasteiger partial charge in [0.2, 0.25) is 5.88 Å². The van der Waals surface area contributed by atoms with Gasteiger partial charge in [0.1, 0.15) is 6.10 Å². The van der Waals surface area contributed by atoms with E-state index in [0.717, 1.165) is 17.7 Å². The van der Waals surface area contributed by atoms with Gasteiger partial charge in [0.15, 0.2) is 5.13 Å². The third kappa shape index (κ3) is 3.87. The molecule has 1 aliphatic heterocycles. The molecule has 0 unspecified atom stereocenters. The highest BCUT2D eigenvalue weighted by Gasteiger charge is 2.18. The molecule has 132 valence electrons. The van der Waals surface area contributed by atoms with Crippen molar-refractivity contribution >= 4 is 22.4 Å². The van der Waals surface area contributed by atoms with Gasteiger partial charge in [0.05, 0.1) is 24.5 Å². The van der Waals surface area contributed by atoms with Crippen molar-refractivity contribution in [3.8, 4) is 17.1 Å². The van der Waals surface area contributed by atoms with Gasteiger partial charge in [0, 0.05) is 42.0 Å². The zero-order valence-corrected chi connectivity index (χ0v) is 14.6. The normalized spacial score (nSPS) is 16.4. The average molecular weight is 368 g/mol. The van der Waals surface area contributed by atoms with E-state index < -0.39 is 0 Å². The smallest absolute Gasteiger partial charge is 0.259 e. The third-order valence-electron chi connectivity index (χ3n) is 3.86. The van der Waals surface area contributed by atoms with E-state index in [2.05, 4.69) is 20.3 Å². The highest BCUT2D eigenvalue weighted by molar-refractivity contribution is 7.14. The van der Waals surface area contributed by atoms with Crippen molar-refractivity contribution in [2.45, 2.75) is 12.5 Å². The first kappa shape index (κ1) is 16.6. The Bertz CT molecular complexity index is 877. The van der Waals surface area contributed by atoms with E-state index in [9.17, 15) is 4.79 Å². The molecule has 3 aromatic rings. The van der Waals surface area contributed by atoms with Crippen molar-refractivity contribution in [2.24, 2.45) is 0 Å². The fourth-order valence-electron chi connectivity index (χ4n) is 2.51. The van der Waals surface area contributed by atoms with Crippen LogP contribution in [0.5, 0.6) is 5.88 Å². The van der Waals surface area contributed by atoms with Crippen molar-refractivity contribution in [3.63, 3.8) is 0 Å². The summed E-state index contributed by atoms with van der Waals surface area (Å²) in [7, 11) is 0. The van der Waals surface area contributed by atoms with Gasteiger partial charge in [-0.2, -0.15) is 0 Å². The monoisotopic (exact) mass is 368 g/mol. The predicted molar refractivity (Wildman–Crippen MR) is 97.4 cm³/mol. The minimum atomic E-state index is -0.264. The van der Waals surface area contributed by atoms with E-state index >= 15 is 0 Å². The summed E-state index contributed by atoms with van der Waals surface area (Å²) in [6, 6.07) is 7.14. The summed E-state index contributed by atoms with van der Waals surface area (Å²) in [5.41, 5.74) is 2.13. The predicted octanol–water partition coefficient (Wildman–Crippen LogP) is 3.02. The standard InChI is InChI=1S/C18H16N4O3S/c23-17(13-3-4-16(20-9-13)25-14-5-7-24-10-14)22-18-21-15(11-26-18)12-2-1-6-19-8-12/h1-4,6,8-9,11,14H,5,7,10H2,(H,21,22,23)/t14-/m1/s1. The second-order valence-corrected chi connectivity index (χ2v) is 6.58. The van der Waals surface area contributed by atoms with Crippen LogP contribution in [-0.2, 0) is 4.74 Å². The summed E-state index contributed by atoms with van der Waals surface area (Å²) in [5.74, 6) is 0.227. The molecular weight excluding hydrogens is 352 g/mol. The zero-order valence-electron chi connectivity index (χ0n) is 13.8. The third-order valence-corrected chi connectivity index (χ3v) is 4.61. The number of rotatable bonds is 5. The molecule has 1 atom stereocenters. The van der Waals surface area contributed by atoms with Crippen LogP contribution in [0.3, 0.4) is 0 Å². The maximum atomic E-state index is 12.4. The van der Waals surface area contributed by atoms with Gasteiger partial charge >= 0.3 is 0 Å². The van der Waals surface area contributed by atoms with Crippen LogP contribution in [0, 0.1) is 0 Å². The molecule has 8 heteroatoms. The summed E-state index contributed by atoms with van der Waals surface area (Å²) < 4.78 is 11.0. The summed E-state index contributed by atoms with van der Waals surface area (Å²) in [6.45, 7) is 1.28. The molecule has 0 saturated carbocycles. The zero-order chi connectivity index (χ0) is 17.8. The summed E-state index contributed by atoms with van der Waals surface area (Å²) in [5, 5.41) is 5.19. The molecule has 0 aromatic carbocycles. The molecular formula is C18H16N4O3S. The second kappa shape index (κ2) is 7.59. The molecule has 3 aromatic heterocycles. The Balaban J connectivity index is 1.39. The Morgan fingerprint density at radius 3 is 3.00 bits per heavy atom. The Kier molecular flexibility index (Phi) is 4.85. The lowest BCUT2D eigenvalue weighted by Gasteiger charge is -2.10. The van der Waals surface area contributed by atoms with Crippen molar-refractivity contribution in [1.29, 1.82) is 0 Å². The lowest BCUT2D eigenvalue weighted by Crippen LogP contribution is -2.17. The number of anilines is 1. The Morgan fingerprint density at radius 1 is 1.31 bits per heavy atom. The fourth-order valence-corrected chi connectivity index (χ4v) is 3.22. The number of hydrogen-bond acceptors (Lipinski definition) is 7. The summed E-state index contributed by atoms with van der Waals surface area (Å²) in [4.78, 5) is 25.0. The maximum absolute atomic E-state index is 12.4. The first-order valence-corrected chi connectivity index (χ1v) is 9.03. The molecule has 0 aliphatic carbocycles. The molecule has 0 radical (unpaired) electrons. The number of carbonyl (C=O) groups is 1. The van der Waals surface area contributed by atoms with E-state index in [1.807, 2.05) is 17.5 Å². The second-order valence-electron chi connectivity index (χ2n) is 5.72. The van der Waals surface area contributed by atoms with Crippen LogP contribution >= 0.6 is 11.3 Å². The van der Waals surface area contributed by atoms with Gasteiger partial charge in [-0.15, -0.1) is 11.3 Å². The van der Waals surface area contributed by atoms with Crippen molar-refractivity contribution in [1.82, 2.24) is 15.0 Å². The Hall–Kier alpha value is -2.84. The van der Waals surface area contributed by atoms with E-state index in [0.29, 0.717) is 29.8 Å². The molecule has 1 N–H and O–H groups in total. The number of pyridine rings is 2. The van der Waals surface area contributed by atoms with Gasteiger partial charge in [0.25, 0.3) is 5.91 Å². The fraction of sp³-hybridized carbons (Fsp3) is 0.222. The quantitative estimate of drug-likeness (QED) is 0.745. The number of ether oxygens (including phenoxy) is 2. The number of thiazole rings is 1. The number of nitrogens with one attached hydrogen (secondary N) is 1. The maximum Gasteiger partial charge on any atom is 0.259 e. The minimum absolute atomic E-state index is 0.0309. The van der Waals surface area contributed by atoms with Crippen LogP contribution in [0.2, 0.25) is 0 Å². The Morgan fingerprint density at radius 2 is 2.27 bits per heavy atom. The van der Waals surface area contributed by atoms with Crippen LogP contribution in [0.15, 0.2) is 48.2 Å². The number of nitrogens with zero attached hydrogens (tertiary/aromatic N) is 3. The van der Waals surface area contributed by atoms with Crippen molar-refractivity contribution in [2.75, 3.05) is 18.5 Å². The van der Waals surface area contributed by atoms with E-state index in [1.54, 1.807) is 24.5 Å². The van der Waals surface area contributed by atoms with E-state index in [-0.39, 0.29) is 12.0 Å².